The van der Waals surface area contributed by atoms with Crippen LogP contribution in [0.3, 0.4) is 0 Å². The molecule has 6 rings (SSSR count). The molecule has 53 heavy (non-hydrogen) atoms. The van der Waals surface area contributed by atoms with Gasteiger partial charge in [0, 0.05) is 35.8 Å². The van der Waals surface area contributed by atoms with E-state index in [0.717, 1.165) is 5.56 Å². The molecule has 13 nitrogen and oxygen atoms in total. The molecule has 3 heterocycles. The number of anilines is 2. The number of nitrogens with zero attached hydrogens (tertiary/aromatic N) is 2. The second-order valence-corrected chi connectivity index (χ2v) is 18.3. The molecule has 9 atom stereocenters. The predicted octanol–water partition coefficient (Wildman–Crippen LogP) is 2.16. The number of para-hydroxylation sites is 1. The van der Waals surface area contributed by atoms with E-state index in [1.165, 1.54) is 4.90 Å². The Kier molecular flexibility index (Phi) is 11.2. The summed E-state index contributed by atoms with van der Waals surface area (Å²) >= 11 is 0. The molecule has 3 aliphatic rings. The summed E-state index contributed by atoms with van der Waals surface area (Å²) in [7, 11) is -3.57. The highest BCUT2D eigenvalue weighted by molar-refractivity contribution is 6.72. The molecule has 6 N–H and O–H groups in total. The summed E-state index contributed by atoms with van der Waals surface area (Å²) in [5.74, 6) is -2.24. The molecule has 1 spiro atoms. The van der Waals surface area contributed by atoms with Crippen molar-refractivity contribution in [3.8, 4) is 0 Å². The van der Waals surface area contributed by atoms with Gasteiger partial charge in [-0.3, -0.25) is 14.4 Å². The summed E-state index contributed by atoms with van der Waals surface area (Å²) in [6.45, 7) is 5.05. The van der Waals surface area contributed by atoms with E-state index in [4.69, 9.17) is 9.47 Å². The monoisotopic (exact) mass is 751 g/mol. The van der Waals surface area contributed by atoms with Crippen LogP contribution in [-0.2, 0) is 42.5 Å². The van der Waals surface area contributed by atoms with E-state index >= 15 is 4.11 Å². The minimum Gasteiger partial charge on any atom is -0.395 e. The first-order chi connectivity index (χ1) is 25.2. The first-order valence-electron chi connectivity index (χ1n) is 17.7. The maximum atomic E-state index is 16.4. The molecule has 284 valence electrons. The number of benzene rings is 3. The van der Waals surface area contributed by atoms with Crippen molar-refractivity contribution in [2.75, 3.05) is 23.4 Å². The fourth-order valence-electron chi connectivity index (χ4n) is 8.10. The highest BCUT2D eigenvalue weighted by Gasteiger charge is 2.67. The number of nitrogens with one attached hydrogen (secondary N) is 1. The van der Waals surface area contributed by atoms with Crippen LogP contribution in [0.25, 0.3) is 0 Å². The van der Waals surface area contributed by atoms with E-state index in [1.807, 2.05) is 37.3 Å². The summed E-state index contributed by atoms with van der Waals surface area (Å²) < 4.78 is 28.1. The van der Waals surface area contributed by atoms with Gasteiger partial charge >= 0.3 is 0 Å². The van der Waals surface area contributed by atoms with Gasteiger partial charge in [-0.05, 0) is 42.4 Å². The molecule has 3 amide bonds. The summed E-state index contributed by atoms with van der Waals surface area (Å²) in [5.41, 5.74) is 0.582. The molecule has 3 aromatic rings. The second-order valence-electron chi connectivity index (χ2n) is 14.5. The first kappa shape index (κ1) is 38.7. The smallest absolute Gasteiger partial charge is 0.264 e. The van der Waals surface area contributed by atoms with Gasteiger partial charge in [0.05, 0.1) is 31.4 Å². The maximum Gasteiger partial charge on any atom is 0.264 e. The van der Waals surface area contributed by atoms with Gasteiger partial charge in [-0.25, -0.2) is 0 Å². The zero-order valence-corrected chi connectivity index (χ0v) is 30.7. The molecule has 2 fully saturated rings. The Morgan fingerprint density at radius 3 is 2.32 bits per heavy atom. The summed E-state index contributed by atoms with van der Waals surface area (Å²) in [6.07, 6.45) is -10.1. The Bertz CT molecular complexity index is 1810. The molecule has 0 radical (unpaired) electrons. The number of aliphatic hydroxyl groups is 5. The number of fused-ring (bicyclic) bond motifs is 2. The summed E-state index contributed by atoms with van der Waals surface area (Å²) in [5, 5.41) is 52.3. The molecule has 0 unspecified atom stereocenters. The fraction of sp³-hybridized carbons (Fsp3) is 0.447. The lowest BCUT2D eigenvalue weighted by molar-refractivity contribution is -0.274. The normalized spacial score (nSPS) is 29.7. The standard InChI is InChI=1S/C38H46FN3O10Si/c1-22-34(53(2,3)39)28(19-29(44)41(16-17-43)20-23-10-5-4-6-11-23)52-38(22)26-14-7-8-15-27(26)42(37(38)50)21-24-12-9-13-25(18-24)40-35(48)33-31(46)30(45)32(47)36(49)51-33/h4-15,18,22,28,30-34,36,43,45-47,49H,16-17,19-21H2,1-3H3,(H,40,48)/t22-,28+,30-,31-,32+,33-,34-,36+,38+/m0/s1. The Morgan fingerprint density at radius 1 is 0.943 bits per heavy atom. The lowest BCUT2D eigenvalue weighted by Gasteiger charge is -2.37. The molecule has 0 bridgehead atoms. The second kappa shape index (κ2) is 15.4. The zero-order valence-electron chi connectivity index (χ0n) is 29.7. The van der Waals surface area contributed by atoms with E-state index in [0.29, 0.717) is 16.8 Å². The van der Waals surface area contributed by atoms with E-state index < -0.39 is 74.1 Å². The lowest BCUT2D eigenvalue weighted by atomic mass is 9.82. The third-order valence-corrected chi connectivity index (χ3v) is 13.0. The third kappa shape index (κ3) is 7.40. The molecule has 2 saturated heterocycles. The van der Waals surface area contributed by atoms with Gasteiger partial charge in [0.2, 0.25) is 14.3 Å². The van der Waals surface area contributed by atoms with Crippen molar-refractivity contribution in [1.82, 2.24) is 4.90 Å². The number of ether oxygens (including phenoxy) is 2. The summed E-state index contributed by atoms with van der Waals surface area (Å²) in [4.78, 5) is 44.7. The van der Waals surface area contributed by atoms with Gasteiger partial charge in [0.1, 0.15) is 18.3 Å². The molecule has 3 aliphatic heterocycles. The van der Waals surface area contributed by atoms with Crippen LogP contribution in [0, 0.1) is 5.92 Å². The number of rotatable bonds is 11. The van der Waals surface area contributed by atoms with Crippen LogP contribution >= 0.6 is 0 Å². The van der Waals surface area contributed by atoms with Gasteiger partial charge in [-0.2, -0.15) is 0 Å². The van der Waals surface area contributed by atoms with Crippen molar-refractivity contribution in [2.45, 2.75) is 87.5 Å². The quantitative estimate of drug-likeness (QED) is 0.125. The van der Waals surface area contributed by atoms with Crippen molar-refractivity contribution >= 4 is 37.5 Å². The van der Waals surface area contributed by atoms with Crippen LogP contribution in [0.1, 0.15) is 30.0 Å². The van der Waals surface area contributed by atoms with Crippen LogP contribution in [0.2, 0.25) is 18.6 Å². The summed E-state index contributed by atoms with van der Waals surface area (Å²) in [6, 6.07) is 23.1. The SMILES string of the molecule is C[C@H]1[C@H]([Si](C)(C)F)[C@@H](CC(=O)N(CCO)Cc2ccccc2)O[C@]12C(=O)N(Cc1cccc(NC(=O)[C@H]3O[C@@H](O)[C@H](O)[C@@H](O)[C@@H]3O)c1)c1ccccc12. The van der Waals surface area contributed by atoms with Crippen LogP contribution < -0.4 is 10.2 Å². The molecular weight excluding hydrogens is 706 g/mol. The molecule has 0 aromatic heterocycles. The third-order valence-electron chi connectivity index (χ3n) is 10.6. The first-order valence-corrected chi connectivity index (χ1v) is 20.6. The minimum atomic E-state index is -3.57. The zero-order chi connectivity index (χ0) is 38.2. The highest BCUT2D eigenvalue weighted by Crippen LogP contribution is 2.60. The molecule has 15 heteroatoms. The number of hydrogen-bond donors (Lipinski definition) is 6. The average molecular weight is 752 g/mol. The Morgan fingerprint density at radius 2 is 1.62 bits per heavy atom. The van der Waals surface area contributed by atoms with Gasteiger partial charge in [-0.1, -0.05) is 67.6 Å². The van der Waals surface area contributed by atoms with E-state index in [9.17, 15) is 39.9 Å². The number of halogens is 1. The Labute approximate surface area is 307 Å². The maximum absolute atomic E-state index is 16.4. The van der Waals surface area contributed by atoms with Gasteiger partial charge in [0.25, 0.3) is 11.8 Å². The number of carbonyl (C=O) groups is 3. The Hall–Kier alpha value is -4.06. The van der Waals surface area contributed by atoms with E-state index in [-0.39, 0.29) is 44.3 Å². The van der Waals surface area contributed by atoms with E-state index in [1.54, 1.807) is 66.5 Å². The molecule has 3 aromatic carbocycles. The van der Waals surface area contributed by atoms with Gasteiger partial charge in [0.15, 0.2) is 18.0 Å². The topological polar surface area (TPSA) is 189 Å². The van der Waals surface area contributed by atoms with Crippen LogP contribution in [0.4, 0.5) is 15.5 Å². The van der Waals surface area contributed by atoms with Crippen molar-refractivity contribution in [2.24, 2.45) is 5.92 Å². The van der Waals surface area contributed by atoms with E-state index in [2.05, 4.69) is 5.32 Å². The average Bonchev–Trinajstić information content (AvgIpc) is 3.55. The fourth-order valence-corrected chi connectivity index (χ4v) is 10.6. The van der Waals surface area contributed by atoms with Crippen molar-refractivity contribution in [3.05, 3.63) is 95.6 Å². The molecular formula is C38H46FN3O10Si. The number of carbonyl (C=O) groups excluding carboxylic acids is 3. The van der Waals surface area contributed by atoms with Crippen LogP contribution in [0.15, 0.2) is 78.9 Å². The molecule has 0 aliphatic carbocycles. The number of aliphatic hydroxyl groups excluding tert-OH is 5. The van der Waals surface area contributed by atoms with Crippen LogP contribution in [-0.4, -0.2) is 107 Å². The lowest BCUT2D eigenvalue weighted by Crippen LogP contribution is -2.60. The van der Waals surface area contributed by atoms with Crippen LogP contribution in [0.5, 0.6) is 0 Å². The minimum absolute atomic E-state index is 0.0373. The Balaban J connectivity index is 1.25. The molecule has 0 saturated carbocycles. The highest BCUT2D eigenvalue weighted by atomic mass is 28.4. The number of amides is 3. The van der Waals surface area contributed by atoms with Crippen molar-refractivity contribution in [1.29, 1.82) is 0 Å². The van der Waals surface area contributed by atoms with Gasteiger partial charge < -0.3 is 54.2 Å². The van der Waals surface area contributed by atoms with Crippen molar-refractivity contribution in [3.63, 3.8) is 0 Å². The largest absolute Gasteiger partial charge is 0.395 e. The van der Waals surface area contributed by atoms with Gasteiger partial charge in [-0.15, -0.1) is 0 Å². The number of hydrogen-bond acceptors (Lipinski definition) is 10. The van der Waals surface area contributed by atoms with Crippen molar-refractivity contribution < 1.29 is 53.5 Å². The predicted molar refractivity (Wildman–Crippen MR) is 193 cm³/mol.